The van der Waals surface area contributed by atoms with Crippen LogP contribution in [0.5, 0.6) is 0 Å². The molecule has 1 saturated heterocycles. The molecule has 28 heavy (non-hydrogen) atoms. The number of hydrogen-bond donors (Lipinski definition) is 1. The van der Waals surface area contributed by atoms with Crippen molar-refractivity contribution in [1.82, 2.24) is 15.3 Å². The van der Waals surface area contributed by atoms with Crippen LogP contribution in [0.4, 0.5) is 5.82 Å². The zero-order valence-electron chi connectivity index (χ0n) is 16.4. The third-order valence-electron chi connectivity index (χ3n) is 5.23. The van der Waals surface area contributed by atoms with Crippen LogP contribution in [0.1, 0.15) is 24.0 Å². The molecule has 0 radical (unpaired) electrons. The molecule has 1 aliphatic rings. The minimum Gasteiger partial charge on any atom is -0.355 e. The average molecular weight is 411 g/mol. The van der Waals surface area contributed by atoms with Crippen molar-refractivity contribution in [2.24, 2.45) is 0 Å². The number of rotatable bonds is 6. The highest BCUT2D eigenvalue weighted by atomic mass is 32.2. The second-order valence-electron chi connectivity index (χ2n) is 7.16. The summed E-state index contributed by atoms with van der Waals surface area (Å²) in [6.45, 7) is 5.11. The Labute approximate surface area is 175 Å². The summed E-state index contributed by atoms with van der Waals surface area (Å²) in [6, 6.07) is 9.21. The number of hydrogen-bond acceptors (Lipinski definition) is 6. The molecule has 6 heteroatoms. The number of thioether (sulfide) groups is 1. The van der Waals surface area contributed by atoms with E-state index in [-0.39, 0.29) is 0 Å². The summed E-state index contributed by atoms with van der Waals surface area (Å²) < 4.78 is 1.22. The van der Waals surface area contributed by atoms with Crippen LogP contribution in [0.2, 0.25) is 0 Å². The molecule has 0 amide bonds. The summed E-state index contributed by atoms with van der Waals surface area (Å²) in [5, 5.41) is 5.88. The summed E-state index contributed by atoms with van der Waals surface area (Å²) in [4.78, 5) is 12.8. The Morgan fingerprint density at radius 3 is 2.75 bits per heavy atom. The van der Waals surface area contributed by atoms with E-state index in [9.17, 15) is 0 Å². The molecule has 0 bridgehead atoms. The van der Waals surface area contributed by atoms with Crippen LogP contribution >= 0.6 is 23.1 Å². The van der Waals surface area contributed by atoms with Crippen molar-refractivity contribution in [2.45, 2.75) is 30.7 Å². The van der Waals surface area contributed by atoms with Crippen molar-refractivity contribution < 1.29 is 0 Å². The van der Waals surface area contributed by atoms with Crippen LogP contribution in [0.3, 0.4) is 0 Å². The number of anilines is 1. The molecule has 4 nitrogen and oxygen atoms in total. The number of thiophene rings is 1. The molecule has 0 saturated carbocycles. The van der Waals surface area contributed by atoms with Crippen LogP contribution in [0.25, 0.3) is 16.3 Å². The number of nitrogens with zero attached hydrogens (tertiary/aromatic N) is 3. The lowest BCUT2D eigenvalue weighted by molar-refractivity contribution is 0.429. The molecule has 1 aliphatic heterocycles. The highest BCUT2D eigenvalue weighted by Crippen LogP contribution is 2.36. The van der Waals surface area contributed by atoms with E-state index >= 15 is 0 Å². The fourth-order valence-electron chi connectivity index (χ4n) is 3.59. The van der Waals surface area contributed by atoms with Gasteiger partial charge in [-0.3, -0.25) is 0 Å². The number of benzene rings is 1. The third-order valence-corrected chi connectivity index (χ3v) is 7.09. The standard InChI is InChI=1S/C22H26N4S2/c1-16-5-7-17(8-6-16)4-3-11-23-18-9-12-26(13-10-18)22-21-20(24-15-25-22)19(27-2)14-28-21/h3-8,14-15,18,23H,9-13H2,1-2H3/b4-3+. The van der Waals surface area contributed by atoms with Crippen molar-refractivity contribution in [3.05, 3.63) is 53.2 Å². The Morgan fingerprint density at radius 1 is 1.21 bits per heavy atom. The summed E-state index contributed by atoms with van der Waals surface area (Å²) in [6.07, 6.45) is 10.5. The van der Waals surface area contributed by atoms with Gasteiger partial charge < -0.3 is 10.2 Å². The van der Waals surface area contributed by atoms with E-state index < -0.39 is 0 Å². The molecule has 0 aliphatic carbocycles. The molecular formula is C22H26N4S2. The molecule has 1 aromatic carbocycles. The van der Waals surface area contributed by atoms with Crippen LogP contribution in [-0.2, 0) is 0 Å². The molecule has 1 fully saturated rings. The molecule has 0 atom stereocenters. The topological polar surface area (TPSA) is 41.0 Å². The van der Waals surface area contributed by atoms with Crippen LogP contribution in [0, 0.1) is 6.92 Å². The number of aromatic nitrogens is 2. The van der Waals surface area contributed by atoms with Gasteiger partial charge in [-0.15, -0.1) is 23.1 Å². The molecule has 0 unspecified atom stereocenters. The maximum atomic E-state index is 4.60. The second kappa shape index (κ2) is 9.07. The lowest BCUT2D eigenvalue weighted by Crippen LogP contribution is -2.42. The first-order chi connectivity index (χ1) is 13.7. The minimum atomic E-state index is 0.571. The smallest absolute Gasteiger partial charge is 0.150 e. The molecule has 3 heterocycles. The number of fused-ring (bicyclic) bond motifs is 1. The first-order valence-electron chi connectivity index (χ1n) is 9.72. The molecule has 4 rings (SSSR count). The maximum absolute atomic E-state index is 4.60. The normalized spacial score (nSPS) is 15.7. The van der Waals surface area contributed by atoms with E-state index in [4.69, 9.17) is 0 Å². The van der Waals surface area contributed by atoms with Crippen molar-refractivity contribution in [3.63, 3.8) is 0 Å². The predicted molar refractivity (Wildman–Crippen MR) is 123 cm³/mol. The van der Waals surface area contributed by atoms with Gasteiger partial charge in [0.1, 0.15) is 17.7 Å². The van der Waals surface area contributed by atoms with Gasteiger partial charge in [-0.25, -0.2) is 9.97 Å². The van der Waals surface area contributed by atoms with Crippen LogP contribution < -0.4 is 10.2 Å². The SMILES string of the molecule is CSc1csc2c(N3CCC(NC/C=C/c4ccc(C)cc4)CC3)ncnc12. The summed E-state index contributed by atoms with van der Waals surface area (Å²) in [7, 11) is 0. The number of nitrogens with one attached hydrogen (secondary N) is 1. The van der Waals surface area contributed by atoms with Crippen molar-refractivity contribution >= 4 is 45.2 Å². The quantitative estimate of drug-likeness (QED) is 0.580. The van der Waals surface area contributed by atoms with Gasteiger partial charge in [0.25, 0.3) is 0 Å². The number of piperidine rings is 1. The first-order valence-corrected chi connectivity index (χ1v) is 11.8. The van der Waals surface area contributed by atoms with Gasteiger partial charge in [0.2, 0.25) is 0 Å². The van der Waals surface area contributed by atoms with E-state index in [0.29, 0.717) is 6.04 Å². The summed E-state index contributed by atoms with van der Waals surface area (Å²) >= 11 is 3.52. The third kappa shape index (κ3) is 4.40. The van der Waals surface area contributed by atoms with E-state index in [1.54, 1.807) is 29.4 Å². The Morgan fingerprint density at radius 2 is 2.00 bits per heavy atom. The van der Waals surface area contributed by atoms with E-state index in [2.05, 4.69) is 75.2 Å². The molecular weight excluding hydrogens is 384 g/mol. The summed E-state index contributed by atoms with van der Waals surface area (Å²) in [5.74, 6) is 1.10. The fraction of sp³-hybridized carbons (Fsp3) is 0.364. The molecule has 3 aromatic rings. The van der Waals surface area contributed by atoms with E-state index in [1.807, 2.05) is 0 Å². The average Bonchev–Trinajstić information content (AvgIpc) is 3.16. The van der Waals surface area contributed by atoms with Gasteiger partial charge in [-0.2, -0.15) is 0 Å². The van der Waals surface area contributed by atoms with Gasteiger partial charge in [0.15, 0.2) is 0 Å². The lowest BCUT2D eigenvalue weighted by Gasteiger charge is -2.33. The fourth-order valence-corrected chi connectivity index (χ4v) is 5.43. The van der Waals surface area contributed by atoms with Crippen molar-refractivity contribution in [2.75, 3.05) is 30.8 Å². The zero-order valence-corrected chi connectivity index (χ0v) is 18.0. The summed E-state index contributed by atoms with van der Waals surface area (Å²) in [5.41, 5.74) is 3.66. The largest absolute Gasteiger partial charge is 0.355 e. The maximum Gasteiger partial charge on any atom is 0.150 e. The Balaban J connectivity index is 1.30. The second-order valence-corrected chi connectivity index (χ2v) is 8.89. The minimum absolute atomic E-state index is 0.571. The Kier molecular flexibility index (Phi) is 6.29. The predicted octanol–water partition coefficient (Wildman–Crippen LogP) is 4.99. The van der Waals surface area contributed by atoms with Crippen LogP contribution in [-0.4, -0.2) is 41.9 Å². The Bertz CT molecular complexity index is 941. The monoisotopic (exact) mass is 410 g/mol. The first kappa shape index (κ1) is 19.4. The zero-order chi connectivity index (χ0) is 19.3. The van der Waals surface area contributed by atoms with Crippen LogP contribution in [0.15, 0.2) is 46.9 Å². The molecule has 2 aromatic heterocycles. The van der Waals surface area contributed by atoms with Gasteiger partial charge in [0, 0.05) is 36.0 Å². The molecule has 146 valence electrons. The molecule has 0 spiro atoms. The van der Waals surface area contributed by atoms with Gasteiger partial charge in [-0.1, -0.05) is 42.0 Å². The van der Waals surface area contributed by atoms with Gasteiger partial charge in [-0.05, 0) is 31.6 Å². The highest BCUT2D eigenvalue weighted by Gasteiger charge is 2.22. The Hall–Kier alpha value is -1.89. The van der Waals surface area contributed by atoms with E-state index in [0.717, 1.165) is 43.8 Å². The van der Waals surface area contributed by atoms with Crippen molar-refractivity contribution in [1.29, 1.82) is 0 Å². The highest BCUT2D eigenvalue weighted by molar-refractivity contribution is 7.99. The molecule has 1 N–H and O–H groups in total. The van der Waals surface area contributed by atoms with Gasteiger partial charge in [0.05, 0.1) is 4.70 Å². The van der Waals surface area contributed by atoms with Crippen molar-refractivity contribution in [3.8, 4) is 0 Å². The van der Waals surface area contributed by atoms with Gasteiger partial charge >= 0.3 is 0 Å². The lowest BCUT2D eigenvalue weighted by atomic mass is 10.0. The van der Waals surface area contributed by atoms with E-state index in [1.165, 1.54) is 20.7 Å². The number of aryl methyl sites for hydroxylation is 1.